The fourth-order valence-electron chi connectivity index (χ4n) is 3.27. The van der Waals surface area contributed by atoms with E-state index in [2.05, 4.69) is 0 Å². The fourth-order valence-corrected chi connectivity index (χ4v) is 3.27. The lowest BCUT2D eigenvalue weighted by Gasteiger charge is -2.29. The van der Waals surface area contributed by atoms with Crippen molar-refractivity contribution in [1.29, 1.82) is 0 Å². The second-order valence-corrected chi connectivity index (χ2v) is 7.05. The van der Waals surface area contributed by atoms with Crippen molar-refractivity contribution in [2.75, 3.05) is 47.1 Å². The number of ether oxygens (including phenoxy) is 6. The molecule has 31 heavy (non-hydrogen) atoms. The van der Waals surface area contributed by atoms with E-state index in [0.717, 1.165) is 0 Å². The number of methoxy groups -OCH3 is 1. The molecule has 4 rings (SSSR count). The van der Waals surface area contributed by atoms with Gasteiger partial charge >= 0.3 is 5.97 Å². The zero-order valence-electron chi connectivity index (χ0n) is 17.3. The van der Waals surface area contributed by atoms with Gasteiger partial charge in [0.25, 0.3) is 5.91 Å². The van der Waals surface area contributed by atoms with Gasteiger partial charge < -0.3 is 33.3 Å². The minimum atomic E-state index is -0.664. The summed E-state index contributed by atoms with van der Waals surface area (Å²) in [5.74, 6) is 1.49. The zero-order chi connectivity index (χ0) is 21.8. The minimum Gasteiger partial charge on any atom is -0.493 e. The summed E-state index contributed by atoms with van der Waals surface area (Å²) in [5.41, 5.74) is 0.206. The van der Waals surface area contributed by atoms with Crippen LogP contribution in [0.15, 0.2) is 36.4 Å². The summed E-state index contributed by atoms with van der Waals surface area (Å²) in [6.45, 7) is 0.981. The first-order valence-electron chi connectivity index (χ1n) is 9.82. The van der Waals surface area contributed by atoms with Crippen LogP contribution in [0.2, 0.25) is 0 Å². The Morgan fingerprint density at radius 1 is 1.06 bits per heavy atom. The summed E-state index contributed by atoms with van der Waals surface area (Å²) >= 11 is 0. The molecule has 0 fully saturated rings. The number of fused-ring (bicyclic) bond motifs is 2. The molecule has 2 aliphatic heterocycles. The fraction of sp³-hybridized carbons (Fsp3) is 0.364. The highest BCUT2D eigenvalue weighted by atomic mass is 16.6. The molecule has 1 amide bonds. The number of para-hydroxylation sites is 2. The van der Waals surface area contributed by atoms with Crippen molar-refractivity contribution in [2.24, 2.45) is 0 Å². The molecule has 2 aliphatic rings. The maximum absolute atomic E-state index is 12.5. The van der Waals surface area contributed by atoms with Gasteiger partial charge in [0.1, 0.15) is 19.8 Å². The normalized spacial score (nSPS) is 16.3. The number of hydrogen-bond acceptors (Lipinski definition) is 8. The van der Waals surface area contributed by atoms with Crippen molar-refractivity contribution in [1.82, 2.24) is 4.90 Å². The number of nitrogens with zero attached hydrogens (tertiary/aromatic N) is 1. The highest BCUT2D eigenvalue weighted by molar-refractivity contribution is 5.92. The summed E-state index contributed by atoms with van der Waals surface area (Å²) in [6.07, 6.45) is -0.318. The lowest BCUT2D eigenvalue weighted by Crippen LogP contribution is -2.43. The molecule has 0 N–H and O–H groups in total. The Hall–Kier alpha value is -3.62. The number of amides is 1. The molecule has 2 aromatic carbocycles. The van der Waals surface area contributed by atoms with Crippen LogP contribution in [0.3, 0.4) is 0 Å². The van der Waals surface area contributed by atoms with E-state index in [1.165, 1.54) is 24.1 Å². The molecule has 9 nitrogen and oxygen atoms in total. The Morgan fingerprint density at radius 2 is 1.84 bits per heavy atom. The molecule has 1 atom stereocenters. The molecule has 2 aromatic rings. The molecule has 0 bridgehead atoms. The molecule has 9 heteroatoms. The second-order valence-electron chi connectivity index (χ2n) is 7.05. The third-order valence-electron chi connectivity index (χ3n) is 4.86. The lowest BCUT2D eigenvalue weighted by molar-refractivity contribution is -0.134. The topological polar surface area (TPSA) is 92.8 Å². The van der Waals surface area contributed by atoms with Crippen molar-refractivity contribution < 1.29 is 38.0 Å². The van der Waals surface area contributed by atoms with Crippen LogP contribution in [-0.2, 0) is 9.53 Å². The monoisotopic (exact) mass is 429 g/mol. The van der Waals surface area contributed by atoms with E-state index >= 15 is 0 Å². The van der Waals surface area contributed by atoms with Gasteiger partial charge in [-0.1, -0.05) is 12.1 Å². The number of carbonyl (C=O) groups is 2. The van der Waals surface area contributed by atoms with Crippen LogP contribution in [0.5, 0.6) is 28.7 Å². The van der Waals surface area contributed by atoms with Crippen molar-refractivity contribution in [3.8, 4) is 28.7 Å². The first-order valence-corrected chi connectivity index (χ1v) is 9.82. The SMILES string of the molecule is COc1cc(C(=O)OCC(=O)N(C)CC2COc3ccccc3O2)cc2c1OCCO2. The molecule has 0 aliphatic carbocycles. The largest absolute Gasteiger partial charge is 0.493 e. The average molecular weight is 429 g/mol. The van der Waals surface area contributed by atoms with E-state index in [9.17, 15) is 9.59 Å². The quantitative estimate of drug-likeness (QED) is 0.643. The van der Waals surface area contributed by atoms with Crippen LogP contribution in [0.25, 0.3) is 0 Å². The Kier molecular flexibility index (Phi) is 6.01. The maximum atomic E-state index is 12.5. The van der Waals surface area contributed by atoms with Gasteiger partial charge in [0.05, 0.1) is 19.2 Å². The molecule has 0 saturated heterocycles. The van der Waals surface area contributed by atoms with E-state index < -0.39 is 12.6 Å². The molecule has 2 heterocycles. The van der Waals surface area contributed by atoms with Gasteiger partial charge in [0.15, 0.2) is 35.7 Å². The Bertz CT molecular complexity index is 959. The number of benzene rings is 2. The van der Waals surface area contributed by atoms with E-state index in [1.54, 1.807) is 7.05 Å². The van der Waals surface area contributed by atoms with E-state index in [1.807, 2.05) is 24.3 Å². The van der Waals surface area contributed by atoms with Crippen molar-refractivity contribution in [3.05, 3.63) is 42.0 Å². The molecule has 164 valence electrons. The van der Waals surface area contributed by atoms with Gasteiger partial charge in [-0.05, 0) is 24.3 Å². The van der Waals surface area contributed by atoms with Crippen LogP contribution in [-0.4, -0.2) is 70.0 Å². The molecule has 1 unspecified atom stereocenters. The predicted octanol–water partition coefficient (Wildman–Crippen LogP) is 1.92. The van der Waals surface area contributed by atoms with Crippen LogP contribution in [0.1, 0.15) is 10.4 Å². The molecule has 0 aromatic heterocycles. The van der Waals surface area contributed by atoms with Crippen LogP contribution in [0.4, 0.5) is 0 Å². The van der Waals surface area contributed by atoms with Gasteiger partial charge in [-0.25, -0.2) is 4.79 Å². The first-order chi connectivity index (χ1) is 15.0. The predicted molar refractivity (Wildman–Crippen MR) is 108 cm³/mol. The maximum Gasteiger partial charge on any atom is 0.338 e. The number of rotatable bonds is 6. The zero-order valence-corrected chi connectivity index (χ0v) is 17.3. The third-order valence-corrected chi connectivity index (χ3v) is 4.86. The minimum absolute atomic E-state index is 0.206. The van der Waals surface area contributed by atoms with Gasteiger partial charge in [-0.15, -0.1) is 0 Å². The molecule has 0 spiro atoms. The summed E-state index contributed by atoms with van der Waals surface area (Å²) in [7, 11) is 3.09. The number of hydrogen-bond donors (Lipinski definition) is 0. The summed E-state index contributed by atoms with van der Waals surface area (Å²) in [6, 6.07) is 10.4. The second kappa shape index (κ2) is 9.03. The Balaban J connectivity index is 1.32. The number of carbonyl (C=O) groups excluding carboxylic acids is 2. The standard InChI is InChI=1S/C22H23NO8/c1-23(11-15-12-29-16-5-3-4-6-17(16)31-15)20(24)13-30-22(25)14-9-18(26-2)21-19(10-14)27-7-8-28-21/h3-6,9-10,15H,7-8,11-13H2,1-2H3. The number of likely N-dealkylation sites (N-methyl/N-ethyl adjacent to an activating group) is 1. The van der Waals surface area contributed by atoms with Gasteiger partial charge in [-0.2, -0.15) is 0 Å². The Labute approximate surface area is 179 Å². The summed E-state index contributed by atoms with van der Waals surface area (Å²) < 4.78 is 33.0. The van der Waals surface area contributed by atoms with E-state index in [-0.39, 0.29) is 17.6 Å². The van der Waals surface area contributed by atoms with Gasteiger partial charge in [0.2, 0.25) is 5.75 Å². The van der Waals surface area contributed by atoms with E-state index in [0.29, 0.717) is 55.1 Å². The lowest BCUT2D eigenvalue weighted by atomic mass is 10.1. The summed E-state index contributed by atoms with van der Waals surface area (Å²) in [5, 5.41) is 0. The molecular formula is C22H23NO8. The molecular weight excluding hydrogens is 406 g/mol. The van der Waals surface area contributed by atoms with Crippen molar-refractivity contribution in [2.45, 2.75) is 6.10 Å². The Morgan fingerprint density at radius 3 is 2.65 bits per heavy atom. The number of esters is 1. The summed E-state index contributed by atoms with van der Waals surface area (Å²) in [4.78, 5) is 26.3. The molecule has 0 saturated carbocycles. The van der Waals surface area contributed by atoms with Crippen molar-refractivity contribution in [3.63, 3.8) is 0 Å². The van der Waals surface area contributed by atoms with Crippen LogP contribution < -0.4 is 23.7 Å². The van der Waals surface area contributed by atoms with Crippen LogP contribution in [0, 0.1) is 0 Å². The van der Waals surface area contributed by atoms with Crippen LogP contribution >= 0.6 is 0 Å². The van der Waals surface area contributed by atoms with E-state index in [4.69, 9.17) is 28.4 Å². The molecule has 0 radical (unpaired) electrons. The smallest absolute Gasteiger partial charge is 0.338 e. The third kappa shape index (κ3) is 4.60. The highest BCUT2D eigenvalue weighted by Gasteiger charge is 2.25. The van der Waals surface area contributed by atoms with Crippen molar-refractivity contribution >= 4 is 11.9 Å². The van der Waals surface area contributed by atoms with Gasteiger partial charge in [-0.3, -0.25) is 4.79 Å². The average Bonchev–Trinajstić information content (AvgIpc) is 2.81. The van der Waals surface area contributed by atoms with Gasteiger partial charge in [0, 0.05) is 7.05 Å². The highest BCUT2D eigenvalue weighted by Crippen LogP contribution is 2.40. The first kappa shape index (κ1) is 20.6.